The van der Waals surface area contributed by atoms with Gasteiger partial charge in [-0.05, 0) is 39.0 Å². The van der Waals surface area contributed by atoms with Crippen molar-refractivity contribution in [1.29, 1.82) is 0 Å². The molecule has 0 fully saturated rings. The minimum Gasteiger partial charge on any atom is -0.459 e. The maximum Gasteiger partial charge on any atom is 0.316 e. The molecule has 0 aliphatic heterocycles. The summed E-state index contributed by atoms with van der Waals surface area (Å²) >= 11 is 1.11. The maximum atomic E-state index is 12.9. The molecule has 1 aromatic rings. The highest BCUT2D eigenvalue weighted by molar-refractivity contribution is 8.00. The highest BCUT2D eigenvalue weighted by Gasteiger charge is 2.16. The molecule has 0 atom stereocenters. The summed E-state index contributed by atoms with van der Waals surface area (Å²) < 4.78 is 30.6. The Morgan fingerprint density at radius 3 is 2.47 bits per heavy atom. The molecule has 0 saturated carbocycles. The fraction of sp³-hybridized carbons (Fsp3) is 0.417. The van der Waals surface area contributed by atoms with E-state index in [0.717, 1.165) is 23.9 Å². The smallest absolute Gasteiger partial charge is 0.316 e. The summed E-state index contributed by atoms with van der Waals surface area (Å²) in [6, 6.07) is 3.52. The monoisotopic (exact) mass is 260 g/mol. The third-order valence-electron chi connectivity index (χ3n) is 1.67. The molecular weight excluding hydrogens is 246 g/mol. The molecule has 0 saturated heterocycles. The lowest BCUT2D eigenvalue weighted by Crippen LogP contribution is -2.24. The molecule has 5 heteroatoms. The van der Waals surface area contributed by atoms with Crippen LogP contribution >= 0.6 is 11.8 Å². The lowest BCUT2D eigenvalue weighted by Gasteiger charge is -2.19. The van der Waals surface area contributed by atoms with E-state index in [-0.39, 0.29) is 11.7 Å². The fourth-order valence-electron chi connectivity index (χ4n) is 1.08. The first kappa shape index (κ1) is 14.0. The van der Waals surface area contributed by atoms with Gasteiger partial charge in [0.1, 0.15) is 5.60 Å². The summed E-state index contributed by atoms with van der Waals surface area (Å²) in [5, 5.41) is 0. The van der Waals surface area contributed by atoms with Crippen molar-refractivity contribution in [3.63, 3.8) is 0 Å². The first-order valence-electron chi connectivity index (χ1n) is 5.07. The summed E-state index contributed by atoms with van der Waals surface area (Å²) in [5.41, 5.74) is -0.536. The lowest BCUT2D eigenvalue weighted by atomic mass is 10.2. The molecule has 0 amide bonds. The van der Waals surface area contributed by atoms with Gasteiger partial charge in [0.25, 0.3) is 0 Å². The van der Waals surface area contributed by atoms with Crippen molar-refractivity contribution in [2.45, 2.75) is 31.3 Å². The van der Waals surface area contributed by atoms with Crippen LogP contribution in [0.3, 0.4) is 0 Å². The highest BCUT2D eigenvalue weighted by Crippen LogP contribution is 2.21. The zero-order valence-corrected chi connectivity index (χ0v) is 10.7. The molecule has 0 aliphatic rings. The van der Waals surface area contributed by atoms with Crippen molar-refractivity contribution in [2.24, 2.45) is 0 Å². The number of hydrogen-bond donors (Lipinski definition) is 0. The number of thioether (sulfide) groups is 1. The number of halogens is 2. The van der Waals surface area contributed by atoms with E-state index >= 15 is 0 Å². The Morgan fingerprint density at radius 2 is 1.94 bits per heavy atom. The summed E-state index contributed by atoms with van der Waals surface area (Å²) in [5.74, 6) is -2.12. The van der Waals surface area contributed by atoms with Crippen molar-refractivity contribution >= 4 is 17.7 Å². The minimum absolute atomic E-state index is 0.0718. The minimum atomic E-state index is -0.917. The van der Waals surface area contributed by atoms with Crippen molar-refractivity contribution < 1.29 is 18.3 Å². The van der Waals surface area contributed by atoms with E-state index in [9.17, 15) is 13.6 Å². The summed E-state index contributed by atoms with van der Waals surface area (Å²) in [6.45, 7) is 5.31. The molecule has 17 heavy (non-hydrogen) atoms. The van der Waals surface area contributed by atoms with Gasteiger partial charge in [0.05, 0.1) is 5.75 Å². The van der Waals surface area contributed by atoms with Crippen molar-refractivity contribution in [3.05, 3.63) is 29.8 Å². The number of carbonyl (C=O) groups excluding carboxylic acids is 1. The van der Waals surface area contributed by atoms with Gasteiger partial charge in [-0.3, -0.25) is 4.79 Å². The quantitative estimate of drug-likeness (QED) is 0.615. The van der Waals surface area contributed by atoms with Gasteiger partial charge in [-0.25, -0.2) is 8.78 Å². The van der Waals surface area contributed by atoms with Crippen LogP contribution < -0.4 is 0 Å². The predicted molar refractivity (Wildman–Crippen MR) is 62.9 cm³/mol. The molecule has 2 nitrogen and oxygen atoms in total. The van der Waals surface area contributed by atoms with Crippen molar-refractivity contribution in [1.82, 2.24) is 0 Å². The summed E-state index contributed by atoms with van der Waals surface area (Å²) in [7, 11) is 0. The van der Waals surface area contributed by atoms with Gasteiger partial charge in [-0.2, -0.15) is 0 Å². The standard InChI is InChI=1S/C12H14F2O2S/c1-12(2,3)16-11(15)7-17-8-4-5-9(13)10(14)6-8/h4-6H,7H2,1-3H3. The molecule has 1 aromatic carbocycles. The number of rotatable bonds is 3. The van der Waals surface area contributed by atoms with E-state index in [1.807, 2.05) is 0 Å². The van der Waals surface area contributed by atoms with E-state index < -0.39 is 17.2 Å². The topological polar surface area (TPSA) is 26.3 Å². The maximum absolute atomic E-state index is 12.9. The molecule has 0 unspecified atom stereocenters. The summed E-state index contributed by atoms with van der Waals surface area (Å²) in [4.78, 5) is 11.9. The van der Waals surface area contributed by atoms with Gasteiger partial charge in [0.15, 0.2) is 11.6 Å². The number of ether oxygens (including phenoxy) is 1. The van der Waals surface area contributed by atoms with E-state index in [0.29, 0.717) is 4.90 Å². The Balaban J connectivity index is 2.50. The van der Waals surface area contributed by atoms with E-state index in [4.69, 9.17) is 4.74 Å². The second kappa shape index (κ2) is 5.49. The largest absolute Gasteiger partial charge is 0.459 e. The second-order valence-electron chi connectivity index (χ2n) is 4.45. The van der Waals surface area contributed by atoms with Gasteiger partial charge >= 0.3 is 5.97 Å². The van der Waals surface area contributed by atoms with Crippen LogP contribution in [0.5, 0.6) is 0 Å². The van der Waals surface area contributed by atoms with Gasteiger partial charge < -0.3 is 4.74 Å². The Morgan fingerprint density at radius 1 is 1.29 bits per heavy atom. The Kier molecular flexibility index (Phi) is 4.51. The van der Waals surface area contributed by atoms with Gasteiger partial charge in [0, 0.05) is 4.90 Å². The predicted octanol–water partition coefficient (Wildman–Crippen LogP) is 3.40. The zero-order chi connectivity index (χ0) is 13.1. The first-order chi connectivity index (χ1) is 7.78. The van der Waals surface area contributed by atoms with Crippen LogP contribution in [0, 0.1) is 11.6 Å². The van der Waals surface area contributed by atoms with Crippen LogP contribution in [-0.2, 0) is 9.53 Å². The van der Waals surface area contributed by atoms with E-state index in [2.05, 4.69) is 0 Å². The van der Waals surface area contributed by atoms with Crippen LogP contribution in [0.1, 0.15) is 20.8 Å². The van der Waals surface area contributed by atoms with Crippen LogP contribution in [0.15, 0.2) is 23.1 Å². The molecule has 0 spiro atoms. The number of benzene rings is 1. The van der Waals surface area contributed by atoms with Gasteiger partial charge in [0.2, 0.25) is 0 Å². The van der Waals surface area contributed by atoms with Crippen LogP contribution in [0.25, 0.3) is 0 Å². The molecule has 1 rings (SSSR count). The molecule has 0 aliphatic carbocycles. The normalized spacial score (nSPS) is 11.4. The summed E-state index contributed by atoms with van der Waals surface area (Å²) in [6.07, 6.45) is 0. The SMILES string of the molecule is CC(C)(C)OC(=O)CSc1ccc(F)c(F)c1. The first-order valence-corrected chi connectivity index (χ1v) is 6.06. The molecule has 0 aromatic heterocycles. The average molecular weight is 260 g/mol. The van der Waals surface area contributed by atoms with E-state index in [1.165, 1.54) is 6.07 Å². The zero-order valence-electron chi connectivity index (χ0n) is 9.92. The van der Waals surface area contributed by atoms with E-state index in [1.54, 1.807) is 20.8 Å². The van der Waals surface area contributed by atoms with Gasteiger partial charge in [-0.1, -0.05) is 0 Å². The molecule has 0 radical (unpaired) electrons. The Hall–Kier alpha value is -1.10. The lowest BCUT2D eigenvalue weighted by molar-refractivity contribution is -0.151. The van der Waals surface area contributed by atoms with Crippen LogP contribution in [0.4, 0.5) is 8.78 Å². The Labute approximate surface area is 103 Å². The molecular formula is C12H14F2O2S. The molecule has 0 N–H and O–H groups in total. The fourth-order valence-corrected chi connectivity index (χ4v) is 1.77. The molecule has 0 heterocycles. The highest BCUT2D eigenvalue weighted by atomic mass is 32.2. The number of esters is 1. The Bertz CT molecular complexity index is 413. The van der Waals surface area contributed by atoms with Crippen molar-refractivity contribution in [3.8, 4) is 0 Å². The van der Waals surface area contributed by atoms with Crippen LogP contribution in [0.2, 0.25) is 0 Å². The van der Waals surface area contributed by atoms with Crippen molar-refractivity contribution in [2.75, 3.05) is 5.75 Å². The number of hydrogen-bond acceptors (Lipinski definition) is 3. The molecule has 0 bridgehead atoms. The molecule has 94 valence electrons. The average Bonchev–Trinajstić information content (AvgIpc) is 2.17. The third kappa shape index (κ3) is 5.17. The van der Waals surface area contributed by atoms with Crippen LogP contribution in [-0.4, -0.2) is 17.3 Å². The second-order valence-corrected chi connectivity index (χ2v) is 5.50. The van der Waals surface area contributed by atoms with Gasteiger partial charge in [-0.15, -0.1) is 11.8 Å². The number of carbonyl (C=O) groups is 1. The third-order valence-corrected chi connectivity index (χ3v) is 2.64.